The van der Waals surface area contributed by atoms with Gasteiger partial charge in [-0.15, -0.1) is 0 Å². The molecule has 3 N–H and O–H groups in total. The average Bonchev–Trinajstić information content (AvgIpc) is 2.72. The lowest BCUT2D eigenvalue weighted by Gasteiger charge is -2.11. The molecule has 11 heteroatoms. The van der Waals surface area contributed by atoms with Crippen LogP contribution in [0.5, 0.6) is 0 Å². The highest BCUT2D eigenvalue weighted by Crippen LogP contribution is 2.28. The van der Waals surface area contributed by atoms with Crippen LogP contribution in [0.4, 0.5) is 17.3 Å². The zero-order valence-corrected chi connectivity index (χ0v) is 16.9. The van der Waals surface area contributed by atoms with Crippen LogP contribution >= 0.6 is 23.2 Å². The number of carbonyl (C=O) groups is 1. The lowest BCUT2D eigenvalue weighted by atomic mass is 10.1. The molecule has 1 aromatic heterocycles. The fraction of sp³-hybridized carbons (Fsp3) is 0.105. The van der Waals surface area contributed by atoms with Gasteiger partial charge in [-0.05, 0) is 30.2 Å². The van der Waals surface area contributed by atoms with Gasteiger partial charge in [0.1, 0.15) is 6.33 Å². The molecule has 0 aliphatic carbocycles. The maximum atomic E-state index is 12.3. The molecule has 3 rings (SSSR count). The number of rotatable bonds is 8. The molecule has 0 aliphatic heterocycles. The van der Waals surface area contributed by atoms with Crippen molar-refractivity contribution in [3.63, 3.8) is 0 Å². The molecule has 2 aromatic carbocycles. The van der Waals surface area contributed by atoms with Gasteiger partial charge in [0.05, 0.1) is 15.5 Å². The lowest BCUT2D eigenvalue weighted by Crippen LogP contribution is -2.30. The normalized spacial score (nSPS) is 10.3. The van der Waals surface area contributed by atoms with Crippen LogP contribution in [0.25, 0.3) is 0 Å². The summed E-state index contributed by atoms with van der Waals surface area (Å²) in [6.45, 7) is 0.425. The fourth-order valence-corrected chi connectivity index (χ4v) is 3.09. The van der Waals surface area contributed by atoms with Gasteiger partial charge in [0, 0.05) is 11.6 Å². The van der Waals surface area contributed by atoms with E-state index in [1.165, 1.54) is 18.2 Å². The Balaban J connectivity index is 1.70. The number of amides is 1. The maximum absolute atomic E-state index is 12.3. The Morgan fingerprint density at radius 3 is 2.50 bits per heavy atom. The van der Waals surface area contributed by atoms with Gasteiger partial charge < -0.3 is 5.32 Å². The Morgan fingerprint density at radius 1 is 1.07 bits per heavy atom. The van der Waals surface area contributed by atoms with Crippen LogP contribution in [0.15, 0.2) is 54.9 Å². The van der Waals surface area contributed by atoms with E-state index in [0.717, 1.165) is 11.9 Å². The van der Waals surface area contributed by atoms with Gasteiger partial charge in [0.25, 0.3) is 5.91 Å². The topological polar surface area (TPSA) is 122 Å². The summed E-state index contributed by atoms with van der Waals surface area (Å²) in [5.41, 5.74) is 5.63. The van der Waals surface area contributed by atoms with Crippen molar-refractivity contribution in [1.29, 1.82) is 0 Å². The predicted octanol–water partition coefficient (Wildman–Crippen LogP) is 4.10. The fourth-order valence-electron chi connectivity index (χ4n) is 2.60. The minimum atomic E-state index is -0.630. The van der Waals surface area contributed by atoms with E-state index >= 15 is 0 Å². The summed E-state index contributed by atoms with van der Waals surface area (Å²) in [5.74, 6) is -0.744. The van der Waals surface area contributed by atoms with E-state index in [0.29, 0.717) is 18.0 Å². The van der Waals surface area contributed by atoms with E-state index in [2.05, 4.69) is 26.1 Å². The van der Waals surface area contributed by atoms with E-state index in [9.17, 15) is 14.9 Å². The minimum absolute atomic E-state index is 0.0344. The highest BCUT2D eigenvalue weighted by atomic mass is 35.5. The standard InChI is InChI=1S/C19H16Cl2N6O3/c20-13-6-7-14(15(21)10-13)19(28)26-25-18-16(27(29)30)17(23-11-24-18)22-9-8-12-4-2-1-3-5-12/h1-7,10-11H,8-9H2,(H,26,28)(H2,22,23,24,25). The van der Waals surface area contributed by atoms with Crippen molar-refractivity contribution in [2.45, 2.75) is 6.42 Å². The van der Waals surface area contributed by atoms with Gasteiger partial charge >= 0.3 is 5.69 Å². The predicted molar refractivity (Wildman–Crippen MR) is 115 cm³/mol. The molecule has 0 saturated heterocycles. The van der Waals surface area contributed by atoms with Crippen LogP contribution in [0, 0.1) is 10.1 Å². The van der Waals surface area contributed by atoms with Crippen LogP contribution in [0.2, 0.25) is 10.0 Å². The summed E-state index contributed by atoms with van der Waals surface area (Å²) in [7, 11) is 0. The third kappa shape index (κ3) is 5.34. The summed E-state index contributed by atoms with van der Waals surface area (Å²) >= 11 is 11.8. The quantitative estimate of drug-likeness (QED) is 0.351. The van der Waals surface area contributed by atoms with Crippen LogP contribution in [-0.2, 0) is 6.42 Å². The molecular weight excluding hydrogens is 431 g/mol. The summed E-state index contributed by atoms with van der Waals surface area (Å²) < 4.78 is 0. The summed E-state index contributed by atoms with van der Waals surface area (Å²) in [6.07, 6.45) is 1.80. The third-order valence-electron chi connectivity index (χ3n) is 4.02. The van der Waals surface area contributed by atoms with Crippen LogP contribution < -0.4 is 16.2 Å². The molecule has 9 nitrogen and oxygen atoms in total. The largest absolute Gasteiger partial charge is 0.364 e. The highest BCUT2D eigenvalue weighted by Gasteiger charge is 2.23. The number of halogens is 2. The smallest absolute Gasteiger partial charge is 0.354 e. The molecule has 0 bridgehead atoms. The number of aromatic nitrogens is 2. The minimum Gasteiger partial charge on any atom is -0.364 e. The Labute approximate surface area is 181 Å². The molecule has 1 heterocycles. The molecule has 30 heavy (non-hydrogen) atoms. The third-order valence-corrected chi connectivity index (χ3v) is 4.57. The van der Waals surface area contributed by atoms with E-state index in [4.69, 9.17) is 23.2 Å². The maximum Gasteiger partial charge on any atom is 0.354 e. The first kappa shape index (κ1) is 21.3. The zero-order valence-electron chi connectivity index (χ0n) is 15.4. The SMILES string of the molecule is O=C(NNc1ncnc(NCCc2ccccc2)c1[N+](=O)[O-])c1ccc(Cl)cc1Cl. The van der Waals surface area contributed by atoms with Gasteiger partial charge in [0.2, 0.25) is 11.6 Å². The summed E-state index contributed by atoms with van der Waals surface area (Å²) in [4.78, 5) is 31.1. The molecule has 0 spiro atoms. The Hall–Kier alpha value is -3.43. The Morgan fingerprint density at radius 2 is 1.80 bits per heavy atom. The van der Waals surface area contributed by atoms with Gasteiger partial charge in [-0.3, -0.25) is 25.8 Å². The van der Waals surface area contributed by atoms with Gasteiger partial charge in [-0.2, -0.15) is 0 Å². The van der Waals surface area contributed by atoms with Crippen molar-refractivity contribution >= 4 is 46.4 Å². The molecule has 3 aromatic rings. The van der Waals surface area contributed by atoms with Crippen molar-refractivity contribution in [3.8, 4) is 0 Å². The van der Waals surface area contributed by atoms with Crippen LogP contribution in [0.3, 0.4) is 0 Å². The zero-order chi connectivity index (χ0) is 21.5. The number of nitrogens with zero attached hydrogens (tertiary/aromatic N) is 3. The van der Waals surface area contributed by atoms with E-state index in [1.54, 1.807) is 0 Å². The number of nitrogens with one attached hydrogen (secondary N) is 3. The number of carbonyl (C=O) groups excluding carboxylic acids is 1. The number of anilines is 2. The molecule has 0 radical (unpaired) electrons. The van der Waals surface area contributed by atoms with Crippen molar-refractivity contribution in [2.75, 3.05) is 17.3 Å². The van der Waals surface area contributed by atoms with Crippen molar-refractivity contribution in [3.05, 3.63) is 86.1 Å². The molecule has 0 unspecified atom stereocenters. The highest BCUT2D eigenvalue weighted by molar-refractivity contribution is 6.36. The Bertz CT molecular complexity index is 1070. The first-order valence-corrected chi connectivity index (χ1v) is 9.50. The number of hydrazine groups is 1. The van der Waals surface area contributed by atoms with Gasteiger partial charge in [-0.1, -0.05) is 53.5 Å². The molecule has 0 saturated carbocycles. The first-order valence-electron chi connectivity index (χ1n) is 8.74. The molecule has 0 aliphatic rings. The molecule has 0 atom stereocenters. The molecule has 1 amide bonds. The molecular formula is C19H16Cl2N6O3. The molecule has 0 fully saturated rings. The van der Waals surface area contributed by atoms with Crippen molar-refractivity contribution in [2.24, 2.45) is 0 Å². The van der Waals surface area contributed by atoms with E-state index in [-0.39, 0.29) is 22.2 Å². The molecule has 154 valence electrons. The van der Waals surface area contributed by atoms with Crippen molar-refractivity contribution < 1.29 is 9.72 Å². The first-order chi connectivity index (χ1) is 14.5. The van der Waals surface area contributed by atoms with E-state index in [1.807, 2.05) is 30.3 Å². The van der Waals surface area contributed by atoms with Crippen LogP contribution in [-0.4, -0.2) is 27.3 Å². The van der Waals surface area contributed by atoms with Gasteiger partial charge in [-0.25, -0.2) is 9.97 Å². The summed E-state index contributed by atoms with van der Waals surface area (Å²) in [5, 5.41) is 15.0. The average molecular weight is 447 g/mol. The lowest BCUT2D eigenvalue weighted by molar-refractivity contribution is -0.383. The number of benzene rings is 2. The second kappa shape index (κ2) is 9.86. The van der Waals surface area contributed by atoms with Crippen molar-refractivity contribution in [1.82, 2.24) is 15.4 Å². The Kier molecular flexibility index (Phi) is 6.99. The monoisotopic (exact) mass is 446 g/mol. The van der Waals surface area contributed by atoms with Crippen LogP contribution in [0.1, 0.15) is 15.9 Å². The second-order valence-electron chi connectivity index (χ2n) is 6.04. The number of hydrogen-bond donors (Lipinski definition) is 3. The van der Waals surface area contributed by atoms with E-state index < -0.39 is 16.5 Å². The van der Waals surface area contributed by atoms with Gasteiger partial charge in [0.15, 0.2) is 0 Å². The summed E-state index contributed by atoms with van der Waals surface area (Å²) in [6, 6.07) is 14.0. The number of hydrogen-bond acceptors (Lipinski definition) is 7. The second-order valence-corrected chi connectivity index (χ2v) is 6.89. The number of nitro groups is 1.